The molecule has 156 valence electrons. The van der Waals surface area contributed by atoms with Gasteiger partial charge in [-0.05, 0) is 36.8 Å². The molecular formula is C19H12Cl2F3N3O2S. The maximum absolute atomic E-state index is 12.5. The lowest BCUT2D eigenvalue weighted by atomic mass is 10.1. The summed E-state index contributed by atoms with van der Waals surface area (Å²) in [6.07, 6.45) is -5.00. The Labute approximate surface area is 182 Å². The van der Waals surface area contributed by atoms with Gasteiger partial charge in [-0.25, -0.2) is 5.43 Å². The van der Waals surface area contributed by atoms with E-state index in [0.717, 1.165) is 16.0 Å². The van der Waals surface area contributed by atoms with Crippen LogP contribution in [-0.2, 0) is 4.79 Å². The summed E-state index contributed by atoms with van der Waals surface area (Å²) in [7, 11) is 0. The topological polar surface area (TPSA) is 70.6 Å². The smallest absolute Gasteiger partial charge is 0.318 e. The number of anilines is 1. The molecule has 1 aromatic heterocycles. The SMILES string of the molecule is C/C(=N/NC(=O)c1sc2cc(Cl)ccc2c1Cl)c1cccc(NC(=O)C(F)(F)F)c1. The molecule has 0 aliphatic heterocycles. The fraction of sp³-hybridized carbons (Fsp3) is 0.105. The molecule has 30 heavy (non-hydrogen) atoms. The average molecular weight is 474 g/mol. The zero-order valence-electron chi connectivity index (χ0n) is 15.1. The molecule has 0 radical (unpaired) electrons. The van der Waals surface area contributed by atoms with E-state index in [4.69, 9.17) is 23.2 Å². The Bertz CT molecular complexity index is 1180. The molecule has 3 aromatic rings. The number of hydrogen-bond donors (Lipinski definition) is 2. The van der Waals surface area contributed by atoms with Crippen LogP contribution in [0.5, 0.6) is 0 Å². The average Bonchev–Trinajstić information content (AvgIpc) is 3.01. The molecule has 0 aliphatic rings. The van der Waals surface area contributed by atoms with Crippen LogP contribution in [0.2, 0.25) is 10.0 Å². The molecule has 0 atom stereocenters. The van der Waals surface area contributed by atoms with Crippen molar-refractivity contribution in [2.24, 2.45) is 5.10 Å². The van der Waals surface area contributed by atoms with Crippen molar-refractivity contribution in [1.82, 2.24) is 5.43 Å². The highest BCUT2D eigenvalue weighted by Gasteiger charge is 2.38. The van der Waals surface area contributed by atoms with Gasteiger partial charge in [0, 0.05) is 20.8 Å². The Kier molecular flexibility index (Phi) is 6.35. The minimum Gasteiger partial charge on any atom is -0.318 e. The van der Waals surface area contributed by atoms with Crippen LogP contribution in [0.25, 0.3) is 10.1 Å². The lowest BCUT2D eigenvalue weighted by Gasteiger charge is -2.09. The molecule has 0 bridgehead atoms. The molecule has 2 N–H and O–H groups in total. The summed E-state index contributed by atoms with van der Waals surface area (Å²) in [5, 5.41) is 7.20. The van der Waals surface area contributed by atoms with Crippen LogP contribution >= 0.6 is 34.5 Å². The number of nitrogens with zero attached hydrogens (tertiary/aromatic N) is 1. The van der Waals surface area contributed by atoms with Crippen molar-refractivity contribution < 1.29 is 22.8 Å². The van der Waals surface area contributed by atoms with E-state index >= 15 is 0 Å². The van der Waals surface area contributed by atoms with Crippen molar-refractivity contribution in [2.75, 3.05) is 5.32 Å². The fourth-order valence-corrected chi connectivity index (χ4v) is 4.14. The van der Waals surface area contributed by atoms with Crippen molar-refractivity contribution in [1.29, 1.82) is 0 Å². The highest BCUT2D eigenvalue weighted by molar-refractivity contribution is 7.21. The molecule has 2 aromatic carbocycles. The van der Waals surface area contributed by atoms with E-state index in [0.29, 0.717) is 21.7 Å². The number of hydrazone groups is 1. The molecular weight excluding hydrogens is 462 g/mol. The largest absolute Gasteiger partial charge is 0.471 e. The molecule has 3 rings (SSSR count). The Morgan fingerprint density at radius 1 is 1.10 bits per heavy atom. The van der Waals surface area contributed by atoms with Crippen molar-refractivity contribution in [3.8, 4) is 0 Å². The number of amides is 2. The number of carbonyl (C=O) groups is 2. The van der Waals surface area contributed by atoms with Crippen molar-refractivity contribution >= 4 is 67.8 Å². The number of nitrogens with one attached hydrogen (secondary N) is 2. The molecule has 0 saturated heterocycles. The number of thiophene rings is 1. The molecule has 0 unspecified atom stereocenters. The standard InChI is InChI=1S/C19H12Cl2F3N3O2S/c1-9(10-3-2-4-12(7-10)25-18(29)19(22,23)24)26-27-17(28)16-15(21)13-6-5-11(20)8-14(13)30-16/h2-8H,1H3,(H,25,29)(H,27,28)/b26-9-. The lowest BCUT2D eigenvalue weighted by Crippen LogP contribution is -2.29. The number of rotatable bonds is 4. The maximum Gasteiger partial charge on any atom is 0.471 e. The number of fused-ring (bicyclic) bond motifs is 1. The van der Waals surface area contributed by atoms with Gasteiger partial charge in [0.25, 0.3) is 5.91 Å². The Hall–Kier alpha value is -2.62. The van der Waals surface area contributed by atoms with Crippen LogP contribution in [0, 0.1) is 0 Å². The first-order valence-corrected chi connectivity index (χ1v) is 9.84. The van der Waals surface area contributed by atoms with Crippen molar-refractivity contribution in [3.63, 3.8) is 0 Å². The van der Waals surface area contributed by atoms with E-state index in [1.54, 1.807) is 36.5 Å². The number of alkyl halides is 3. The quantitative estimate of drug-likeness (QED) is 0.367. The normalized spacial score (nSPS) is 12.1. The van der Waals surface area contributed by atoms with Crippen LogP contribution < -0.4 is 10.7 Å². The summed E-state index contributed by atoms with van der Waals surface area (Å²) < 4.78 is 37.9. The van der Waals surface area contributed by atoms with Gasteiger partial charge in [0.2, 0.25) is 0 Å². The molecule has 0 aliphatic carbocycles. The minimum atomic E-state index is -5.00. The molecule has 0 saturated carbocycles. The monoisotopic (exact) mass is 473 g/mol. The predicted octanol–water partition coefficient (Wildman–Crippen LogP) is 5.86. The van der Waals surface area contributed by atoms with E-state index in [1.165, 1.54) is 18.2 Å². The van der Waals surface area contributed by atoms with Gasteiger partial charge in [-0.3, -0.25) is 9.59 Å². The van der Waals surface area contributed by atoms with Crippen molar-refractivity contribution in [3.05, 3.63) is 63.0 Å². The zero-order chi connectivity index (χ0) is 22.1. The van der Waals surface area contributed by atoms with E-state index in [9.17, 15) is 22.8 Å². The van der Waals surface area contributed by atoms with Gasteiger partial charge in [0.1, 0.15) is 4.88 Å². The van der Waals surface area contributed by atoms with Crippen LogP contribution in [-0.4, -0.2) is 23.7 Å². The van der Waals surface area contributed by atoms with Gasteiger partial charge in [-0.1, -0.05) is 41.4 Å². The van der Waals surface area contributed by atoms with Gasteiger partial charge in [0.15, 0.2) is 0 Å². The highest BCUT2D eigenvalue weighted by Crippen LogP contribution is 2.36. The van der Waals surface area contributed by atoms with Gasteiger partial charge in [-0.2, -0.15) is 18.3 Å². The third-order valence-corrected chi connectivity index (χ3v) is 5.81. The summed E-state index contributed by atoms with van der Waals surface area (Å²) in [6, 6.07) is 10.7. The first kappa shape index (κ1) is 22.1. The summed E-state index contributed by atoms with van der Waals surface area (Å²) in [4.78, 5) is 23.8. The summed E-state index contributed by atoms with van der Waals surface area (Å²) >= 11 is 13.4. The molecule has 0 spiro atoms. The van der Waals surface area contributed by atoms with Gasteiger partial charge in [0.05, 0.1) is 10.7 Å². The highest BCUT2D eigenvalue weighted by atomic mass is 35.5. The summed E-state index contributed by atoms with van der Waals surface area (Å²) in [6.45, 7) is 1.55. The lowest BCUT2D eigenvalue weighted by molar-refractivity contribution is -0.167. The Balaban J connectivity index is 1.77. The molecule has 5 nitrogen and oxygen atoms in total. The third kappa shape index (κ3) is 4.92. The minimum absolute atomic E-state index is 0.0554. The van der Waals surface area contributed by atoms with E-state index in [1.807, 2.05) is 0 Å². The molecule has 0 fully saturated rings. The summed E-state index contributed by atoms with van der Waals surface area (Å²) in [5.41, 5.74) is 3.04. The number of carbonyl (C=O) groups excluding carboxylic acids is 2. The van der Waals surface area contributed by atoms with Crippen LogP contribution in [0.15, 0.2) is 47.6 Å². The second-order valence-electron chi connectivity index (χ2n) is 6.06. The Morgan fingerprint density at radius 3 is 2.53 bits per heavy atom. The first-order chi connectivity index (χ1) is 14.1. The van der Waals surface area contributed by atoms with E-state index in [-0.39, 0.29) is 15.6 Å². The second-order valence-corrected chi connectivity index (χ2v) is 7.92. The molecule has 11 heteroatoms. The van der Waals surface area contributed by atoms with Gasteiger partial charge < -0.3 is 5.32 Å². The van der Waals surface area contributed by atoms with Crippen LogP contribution in [0.4, 0.5) is 18.9 Å². The third-order valence-electron chi connectivity index (χ3n) is 3.92. The zero-order valence-corrected chi connectivity index (χ0v) is 17.4. The number of halogens is 5. The number of benzene rings is 2. The van der Waals surface area contributed by atoms with E-state index < -0.39 is 18.0 Å². The van der Waals surface area contributed by atoms with Crippen LogP contribution in [0.3, 0.4) is 0 Å². The van der Waals surface area contributed by atoms with Gasteiger partial charge >= 0.3 is 12.1 Å². The molecule has 1 heterocycles. The number of hydrogen-bond acceptors (Lipinski definition) is 4. The predicted molar refractivity (Wildman–Crippen MR) is 113 cm³/mol. The van der Waals surface area contributed by atoms with Gasteiger partial charge in [-0.15, -0.1) is 11.3 Å². The van der Waals surface area contributed by atoms with Crippen molar-refractivity contribution in [2.45, 2.75) is 13.1 Å². The summed E-state index contributed by atoms with van der Waals surface area (Å²) in [5.74, 6) is -2.62. The Morgan fingerprint density at radius 2 is 1.83 bits per heavy atom. The molecule has 2 amide bonds. The fourth-order valence-electron chi connectivity index (χ4n) is 2.46. The second kappa shape index (κ2) is 8.63. The van der Waals surface area contributed by atoms with Crippen LogP contribution in [0.1, 0.15) is 22.2 Å². The van der Waals surface area contributed by atoms with E-state index in [2.05, 4.69) is 10.5 Å². The maximum atomic E-state index is 12.5. The first-order valence-electron chi connectivity index (χ1n) is 8.27.